The SMILES string of the molecule is CN1C(=O)N(CC(=O)Nc2c(F)cccc2N2CCCC2)C(=O)C12CCCCC2. The Bertz CT molecular complexity index is 831. The molecule has 4 amide bonds. The van der Waals surface area contributed by atoms with E-state index < -0.39 is 29.8 Å². The molecule has 3 fully saturated rings. The third kappa shape index (κ3) is 3.34. The minimum Gasteiger partial charge on any atom is -0.370 e. The number of likely N-dealkylation sites (N-methyl/N-ethyl adjacent to an activating group) is 1. The number of hydrogen-bond donors (Lipinski definition) is 1. The van der Waals surface area contributed by atoms with Crippen molar-refractivity contribution < 1.29 is 18.8 Å². The molecule has 1 aliphatic carbocycles. The van der Waals surface area contributed by atoms with Crippen LogP contribution in [0.1, 0.15) is 44.9 Å². The van der Waals surface area contributed by atoms with Crippen molar-refractivity contribution in [1.82, 2.24) is 9.80 Å². The van der Waals surface area contributed by atoms with E-state index in [1.165, 1.54) is 11.0 Å². The number of halogens is 1. The summed E-state index contributed by atoms with van der Waals surface area (Å²) in [5.74, 6) is -1.41. The number of amides is 4. The van der Waals surface area contributed by atoms with E-state index in [-0.39, 0.29) is 11.6 Å². The van der Waals surface area contributed by atoms with Crippen molar-refractivity contribution in [2.75, 3.05) is 36.9 Å². The van der Waals surface area contributed by atoms with Crippen molar-refractivity contribution in [3.63, 3.8) is 0 Å². The number of carbonyl (C=O) groups excluding carboxylic acids is 3. The van der Waals surface area contributed by atoms with Crippen molar-refractivity contribution in [2.24, 2.45) is 0 Å². The first-order valence-corrected chi connectivity index (χ1v) is 10.4. The van der Waals surface area contributed by atoms with Gasteiger partial charge < -0.3 is 15.1 Å². The van der Waals surface area contributed by atoms with Gasteiger partial charge in [0.2, 0.25) is 5.91 Å². The Morgan fingerprint density at radius 3 is 2.48 bits per heavy atom. The molecule has 2 saturated heterocycles. The Labute approximate surface area is 169 Å². The lowest BCUT2D eigenvalue weighted by Gasteiger charge is -2.35. The third-order valence-corrected chi connectivity index (χ3v) is 6.49. The Morgan fingerprint density at radius 1 is 1.10 bits per heavy atom. The van der Waals surface area contributed by atoms with Crippen molar-refractivity contribution in [3.05, 3.63) is 24.0 Å². The van der Waals surface area contributed by atoms with Gasteiger partial charge in [-0.3, -0.25) is 14.5 Å². The zero-order valence-electron chi connectivity index (χ0n) is 16.7. The molecule has 4 rings (SSSR count). The summed E-state index contributed by atoms with van der Waals surface area (Å²) < 4.78 is 14.5. The minimum absolute atomic E-state index is 0.110. The predicted octanol–water partition coefficient (Wildman–Crippen LogP) is 2.96. The molecular weight excluding hydrogens is 375 g/mol. The monoisotopic (exact) mass is 402 g/mol. The summed E-state index contributed by atoms with van der Waals surface area (Å²) in [5, 5.41) is 2.61. The summed E-state index contributed by atoms with van der Waals surface area (Å²) in [6.45, 7) is 1.21. The Morgan fingerprint density at radius 2 is 1.79 bits per heavy atom. The zero-order valence-corrected chi connectivity index (χ0v) is 16.7. The molecule has 0 radical (unpaired) electrons. The Hall–Kier alpha value is -2.64. The second kappa shape index (κ2) is 7.65. The van der Waals surface area contributed by atoms with Crippen LogP contribution in [0.3, 0.4) is 0 Å². The summed E-state index contributed by atoms with van der Waals surface area (Å²) in [5.41, 5.74) is -0.0797. The molecule has 0 unspecified atom stereocenters. The molecule has 3 aliphatic rings. The van der Waals surface area contributed by atoms with Gasteiger partial charge in [0.05, 0.1) is 5.69 Å². The van der Waals surface area contributed by atoms with Crippen LogP contribution in [0.4, 0.5) is 20.6 Å². The number of nitrogens with zero attached hydrogens (tertiary/aromatic N) is 3. The maximum absolute atomic E-state index is 14.5. The highest BCUT2D eigenvalue weighted by atomic mass is 19.1. The number of carbonyl (C=O) groups is 3. The average Bonchev–Trinajstić information content (AvgIpc) is 3.31. The lowest BCUT2D eigenvalue weighted by molar-refractivity contribution is -0.136. The van der Waals surface area contributed by atoms with E-state index in [1.54, 1.807) is 19.2 Å². The molecule has 2 aliphatic heterocycles. The van der Waals surface area contributed by atoms with Gasteiger partial charge in [0, 0.05) is 20.1 Å². The zero-order chi connectivity index (χ0) is 20.6. The number of urea groups is 1. The minimum atomic E-state index is -0.825. The molecule has 7 nitrogen and oxygen atoms in total. The largest absolute Gasteiger partial charge is 0.370 e. The number of hydrogen-bond acceptors (Lipinski definition) is 4. The topological polar surface area (TPSA) is 73.0 Å². The van der Waals surface area contributed by atoms with E-state index in [1.807, 2.05) is 4.90 Å². The first-order valence-electron chi connectivity index (χ1n) is 10.4. The number of rotatable bonds is 4. The van der Waals surface area contributed by atoms with E-state index in [9.17, 15) is 18.8 Å². The molecule has 156 valence electrons. The van der Waals surface area contributed by atoms with Gasteiger partial charge in [-0.1, -0.05) is 25.3 Å². The van der Waals surface area contributed by atoms with Crippen molar-refractivity contribution in [2.45, 2.75) is 50.5 Å². The molecule has 1 N–H and O–H groups in total. The summed E-state index contributed by atoms with van der Waals surface area (Å²) in [7, 11) is 1.63. The second-order valence-electron chi connectivity index (χ2n) is 8.20. The van der Waals surface area contributed by atoms with Gasteiger partial charge in [0.1, 0.15) is 23.6 Å². The van der Waals surface area contributed by atoms with Crippen LogP contribution in [0.15, 0.2) is 18.2 Å². The molecule has 1 spiro atoms. The molecule has 1 saturated carbocycles. The van der Waals surface area contributed by atoms with Crippen LogP contribution in [0.2, 0.25) is 0 Å². The van der Waals surface area contributed by atoms with Crippen LogP contribution in [-0.2, 0) is 9.59 Å². The number of benzene rings is 1. The molecule has 2 heterocycles. The van der Waals surface area contributed by atoms with Gasteiger partial charge in [-0.2, -0.15) is 0 Å². The van der Waals surface area contributed by atoms with Crippen molar-refractivity contribution in [1.29, 1.82) is 0 Å². The molecule has 1 aromatic rings. The maximum Gasteiger partial charge on any atom is 0.327 e. The molecule has 0 atom stereocenters. The fourth-order valence-corrected chi connectivity index (χ4v) is 4.85. The van der Waals surface area contributed by atoms with Crippen molar-refractivity contribution in [3.8, 4) is 0 Å². The van der Waals surface area contributed by atoms with Crippen LogP contribution >= 0.6 is 0 Å². The van der Waals surface area contributed by atoms with Gasteiger partial charge in [-0.05, 0) is 37.8 Å². The first kappa shape index (κ1) is 19.7. The van der Waals surface area contributed by atoms with E-state index in [4.69, 9.17) is 0 Å². The molecule has 1 aromatic carbocycles. The highest BCUT2D eigenvalue weighted by molar-refractivity contribution is 6.10. The average molecular weight is 402 g/mol. The summed E-state index contributed by atoms with van der Waals surface area (Å²) >= 11 is 0. The van der Waals surface area contributed by atoms with E-state index in [0.29, 0.717) is 18.5 Å². The summed E-state index contributed by atoms with van der Waals surface area (Å²) in [4.78, 5) is 43.0. The quantitative estimate of drug-likeness (QED) is 0.786. The molecule has 8 heteroatoms. The predicted molar refractivity (Wildman–Crippen MR) is 107 cm³/mol. The van der Waals surface area contributed by atoms with Gasteiger partial charge in [-0.25, -0.2) is 9.18 Å². The molecule has 0 aromatic heterocycles. The molecular formula is C21H27FN4O3. The van der Waals surface area contributed by atoms with Crippen LogP contribution in [0.25, 0.3) is 0 Å². The smallest absolute Gasteiger partial charge is 0.327 e. The number of anilines is 2. The highest BCUT2D eigenvalue weighted by Gasteiger charge is 2.55. The summed E-state index contributed by atoms with van der Waals surface area (Å²) in [6.07, 6.45) is 6.11. The van der Waals surface area contributed by atoms with Crippen LogP contribution in [0, 0.1) is 5.82 Å². The fourth-order valence-electron chi connectivity index (χ4n) is 4.85. The van der Waals surface area contributed by atoms with Gasteiger partial charge in [0.15, 0.2) is 0 Å². The molecule has 0 bridgehead atoms. The second-order valence-corrected chi connectivity index (χ2v) is 8.20. The molecule has 29 heavy (non-hydrogen) atoms. The van der Waals surface area contributed by atoms with Gasteiger partial charge >= 0.3 is 6.03 Å². The normalized spacial score (nSPS) is 21.4. The summed E-state index contributed by atoms with van der Waals surface area (Å²) in [6, 6.07) is 4.24. The number of imide groups is 1. The van der Waals surface area contributed by atoms with Crippen LogP contribution in [-0.4, -0.2) is 59.9 Å². The van der Waals surface area contributed by atoms with Crippen LogP contribution < -0.4 is 10.2 Å². The first-order chi connectivity index (χ1) is 13.9. The third-order valence-electron chi connectivity index (χ3n) is 6.49. The number of para-hydroxylation sites is 1. The lowest BCUT2D eigenvalue weighted by atomic mass is 9.81. The maximum atomic E-state index is 14.5. The van der Waals surface area contributed by atoms with Gasteiger partial charge in [0.25, 0.3) is 5.91 Å². The standard InChI is InChI=1S/C21H27FN4O3/c1-24-20(29)26(19(28)21(24)10-3-2-4-11-21)14-17(27)23-18-15(22)8-7-9-16(18)25-12-5-6-13-25/h7-9H,2-6,10-14H2,1H3,(H,23,27). The van der Waals surface area contributed by atoms with E-state index >= 15 is 0 Å². The Kier molecular flexibility index (Phi) is 5.19. The number of nitrogens with one attached hydrogen (secondary N) is 1. The lowest BCUT2D eigenvalue weighted by Crippen LogP contribution is -2.49. The highest BCUT2D eigenvalue weighted by Crippen LogP contribution is 2.39. The fraction of sp³-hybridized carbons (Fsp3) is 0.571. The van der Waals surface area contributed by atoms with Crippen LogP contribution in [0.5, 0.6) is 0 Å². The van der Waals surface area contributed by atoms with Gasteiger partial charge in [-0.15, -0.1) is 0 Å². The van der Waals surface area contributed by atoms with Crippen molar-refractivity contribution >= 4 is 29.2 Å². The van der Waals surface area contributed by atoms with E-state index in [0.717, 1.165) is 50.1 Å². The van der Waals surface area contributed by atoms with E-state index in [2.05, 4.69) is 5.32 Å². The Balaban J connectivity index is 1.51.